The third-order valence-corrected chi connectivity index (χ3v) is 4.89. The van der Waals surface area contributed by atoms with Gasteiger partial charge in [-0.05, 0) is 29.7 Å². The third-order valence-electron chi connectivity index (χ3n) is 3.50. The molecule has 1 aromatic carbocycles. The van der Waals surface area contributed by atoms with Crippen molar-refractivity contribution >= 4 is 11.8 Å². The highest BCUT2D eigenvalue weighted by Gasteiger charge is 2.27. The first-order chi connectivity index (χ1) is 8.31. The molecule has 0 fully saturated rings. The van der Waals surface area contributed by atoms with Crippen LogP contribution >= 0.6 is 11.8 Å². The number of benzene rings is 1. The first-order valence-electron chi connectivity index (χ1n) is 6.41. The fourth-order valence-electron chi connectivity index (χ4n) is 2.47. The molecule has 0 saturated heterocycles. The molecule has 17 heavy (non-hydrogen) atoms. The maximum absolute atomic E-state index is 6.39. The van der Waals surface area contributed by atoms with Crippen LogP contribution in [0.5, 0.6) is 0 Å². The Morgan fingerprint density at radius 1 is 1.35 bits per heavy atom. The molecule has 0 amide bonds. The number of nitrogens with two attached hydrogens (primary N) is 1. The summed E-state index contributed by atoms with van der Waals surface area (Å²) in [7, 11) is 0. The molecule has 1 nitrogen and oxygen atoms in total. The van der Waals surface area contributed by atoms with Crippen LogP contribution in [-0.2, 0) is 6.42 Å². The lowest BCUT2D eigenvalue weighted by atomic mass is 9.90. The Morgan fingerprint density at radius 3 is 2.82 bits per heavy atom. The van der Waals surface area contributed by atoms with Gasteiger partial charge in [-0.25, -0.2) is 0 Å². The van der Waals surface area contributed by atoms with Crippen molar-refractivity contribution in [2.24, 2.45) is 11.7 Å². The zero-order valence-corrected chi connectivity index (χ0v) is 11.2. The molecule has 2 rings (SSSR count). The SMILES string of the molecule is CCC1CC=CS[C@@H]1[C@@H](N)Cc1ccccc1. The minimum atomic E-state index is 0.261. The van der Waals surface area contributed by atoms with Gasteiger partial charge in [0.2, 0.25) is 0 Å². The van der Waals surface area contributed by atoms with E-state index in [2.05, 4.69) is 48.7 Å². The maximum Gasteiger partial charge on any atom is 0.0274 e. The quantitative estimate of drug-likeness (QED) is 0.879. The molecule has 0 radical (unpaired) electrons. The molecule has 92 valence electrons. The van der Waals surface area contributed by atoms with E-state index in [0.29, 0.717) is 5.25 Å². The third kappa shape index (κ3) is 3.36. The maximum atomic E-state index is 6.39. The molecule has 0 bridgehead atoms. The zero-order chi connectivity index (χ0) is 12.1. The number of allylic oxidation sites excluding steroid dienone is 1. The molecule has 1 aromatic rings. The number of thioether (sulfide) groups is 1. The van der Waals surface area contributed by atoms with Crippen molar-refractivity contribution < 1.29 is 0 Å². The summed E-state index contributed by atoms with van der Waals surface area (Å²) in [6, 6.07) is 10.8. The summed E-state index contributed by atoms with van der Waals surface area (Å²) in [6.45, 7) is 2.27. The van der Waals surface area contributed by atoms with Crippen LogP contribution in [0, 0.1) is 5.92 Å². The van der Waals surface area contributed by atoms with Crippen LogP contribution in [-0.4, -0.2) is 11.3 Å². The summed E-state index contributed by atoms with van der Waals surface area (Å²) >= 11 is 1.92. The van der Waals surface area contributed by atoms with Crippen molar-refractivity contribution in [3.63, 3.8) is 0 Å². The van der Waals surface area contributed by atoms with Gasteiger partial charge in [-0.3, -0.25) is 0 Å². The average molecular weight is 247 g/mol. The summed E-state index contributed by atoms with van der Waals surface area (Å²) in [6.07, 6.45) is 5.69. The summed E-state index contributed by atoms with van der Waals surface area (Å²) in [5, 5.41) is 2.80. The highest BCUT2D eigenvalue weighted by atomic mass is 32.2. The smallest absolute Gasteiger partial charge is 0.0274 e. The van der Waals surface area contributed by atoms with E-state index < -0.39 is 0 Å². The van der Waals surface area contributed by atoms with Gasteiger partial charge in [0.25, 0.3) is 0 Å². The van der Waals surface area contributed by atoms with Crippen molar-refractivity contribution in [2.75, 3.05) is 0 Å². The van der Waals surface area contributed by atoms with Gasteiger partial charge in [0.05, 0.1) is 0 Å². The largest absolute Gasteiger partial charge is 0.326 e. The number of hydrogen-bond donors (Lipinski definition) is 1. The number of hydrogen-bond acceptors (Lipinski definition) is 2. The van der Waals surface area contributed by atoms with E-state index in [1.807, 2.05) is 11.8 Å². The second-order valence-electron chi connectivity index (χ2n) is 4.73. The van der Waals surface area contributed by atoms with Crippen LogP contribution in [0.3, 0.4) is 0 Å². The van der Waals surface area contributed by atoms with E-state index in [-0.39, 0.29) is 6.04 Å². The van der Waals surface area contributed by atoms with Crippen LogP contribution in [0.15, 0.2) is 41.8 Å². The molecule has 1 aliphatic rings. The Balaban J connectivity index is 1.99. The van der Waals surface area contributed by atoms with E-state index in [1.54, 1.807) is 0 Å². The van der Waals surface area contributed by atoms with Crippen molar-refractivity contribution in [3.05, 3.63) is 47.4 Å². The first-order valence-corrected chi connectivity index (χ1v) is 7.35. The van der Waals surface area contributed by atoms with E-state index in [4.69, 9.17) is 5.73 Å². The minimum Gasteiger partial charge on any atom is -0.326 e. The minimum absolute atomic E-state index is 0.261. The van der Waals surface area contributed by atoms with Crippen LogP contribution in [0.25, 0.3) is 0 Å². The monoisotopic (exact) mass is 247 g/mol. The lowest BCUT2D eigenvalue weighted by Crippen LogP contribution is -2.39. The van der Waals surface area contributed by atoms with Crippen LogP contribution in [0.2, 0.25) is 0 Å². The summed E-state index contributed by atoms with van der Waals surface area (Å²) < 4.78 is 0. The zero-order valence-electron chi connectivity index (χ0n) is 10.4. The highest BCUT2D eigenvalue weighted by Crippen LogP contribution is 2.33. The van der Waals surface area contributed by atoms with Crippen LogP contribution in [0.1, 0.15) is 25.3 Å². The summed E-state index contributed by atoms with van der Waals surface area (Å²) in [5.41, 5.74) is 7.74. The lowest BCUT2D eigenvalue weighted by molar-refractivity contribution is 0.434. The molecule has 1 heterocycles. The summed E-state index contributed by atoms with van der Waals surface area (Å²) in [4.78, 5) is 0. The van der Waals surface area contributed by atoms with Gasteiger partial charge >= 0.3 is 0 Å². The molecular weight excluding hydrogens is 226 g/mol. The molecule has 0 aromatic heterocycles. The Kier molecular flexibility index (Phi) is 4.69. The molecule has 2 N–H and O–H groups in total. The standard InChI is InChI=1S/C15H21NS/c1-2-13-9-6-10-17-15(13)14(16)11-12-7-4-3-5-8-12/h3-8,10,13-15H,2,9,11,16H2,1H3/t13?,14-,15-/m0/s1. The molecule has 0 spiro atoms. The lowest BCUT2D eigenvalue weighted by Gasteiger charge is -2.31. The fourth-order valence-corrected chi connectivity index (χ4v) is 3.70. The molecule has 0 aliphatic carbocycles. The second-order valence-corrected chi connectivity index (χ2v) is 5.82. The van der Waals surface area contributed by atoms with Crippen LogP contribution < -0.4 is 5.73 Å². The van der Waals surface area contributed by atoms with Crippen molar-refractivity contribution in [2.45, 2.75) is 37.5 Å². The average Bonchev–Trinajstić information content (AvgIpc) is 2.40. The van der Waals surface area contributed by atoms with E-state index in [1.165, 1.54) is 18.4 Å². The molecule has 3 atom stereocenters. The van der Waals surface area contributed by atoms with Crippen molar-refractivity contribution in [3.8, 4) is 0 Å². The Bertz CT molecular complexity index is 360. The van der Waals surface area contributed by atoms with Crippen molar-refractivity contribution in [1.29, 1.82) is 0 Å². The van der Waals surface area contributed by atoms with E-state index in [9.17, 15) is 0 Å². The Morgan fingerprint density at radius 2 is 2.12 bits per heavy atom. The fraction of sp³-hybridized carbons (Fsp3) is 0.467. The van der Waals surface area contributed by atoms with Crippen LogP contribution in [0.4, 0.5) is 0 Å². The van der Waals surface area contributed by atoms with Gasteiger partial charge in [0, 0.05) is 11.3 Å². The van der Waals surface area contributed by atoms with Gasteiger partial charge in [-0.2, -0.15) is 0 Å². The van der Waals surface area contributed by atoms with E-state index in [0.717, 1.165) is 12.3 Å². The predicted octanol–water partition coefficient (Wildman–Crippen LogP) is 3.60. The molecular formula is C15H21NS. The van der Waals surface area contributed by atoms with Gasteiger partial charge < -0.3 is 5.73 Å². The molecule has 1 aliphatic heterocycles. The Labute approximate surface area is 108 Å². The van der Waals surface area contributed by atoms with Gasteiger partial charge in [0.15, 0.2) is 0 Å². The Hall–Kier alpha value is -0.730. The van der Waals surface area contributed by atoms with Gasteiger partial charge in [0.1, 0.15) is 0 Å². The normalized spacial score (nSPS) is 25.8. The molecule has 1 unspecified atom stereocenters. The topological polar surface area (TPSA) is 26.0 Å². The second kappa shape index (κ2) is 6.27. The highest BCUT2D eigenvalue weighted by molar-refractivity contribution is 8.02. The summed E-state index contributed by atoms with van der Waals surface area (Å²) in [5.74, 6) is 0.740. The van der Waals surface area contributed by atoms with E-state index >= 15 is 0 Å². The molecule has 2 heteroatoms. The molecule has 0 saturated carbocycles. The van der Waals surface area contributed by atoms with Crippen molar-refractivity contribution in [1.82, 2.24) is 0 Å². The predicted molar refractivity (Wildman–Crippen MR) is 77.0 cm³/mol. The van der Waals surface area contributed by atoms with Gasteiger partial charge in [-0.15, -0.1) is 11.8 Å². The van der Waals surface area contributed by atoms with Gasteiger partial charge in [-0.1, -0.05) is 49.8 Å². The number of rotatable bonds is 4. The first kappa shape index (κ1) is 12.7.